The first-order valence-electron chi connectivity index (χ1n) is 8.77. The van der Waals surface area contributed by atoms with E-state index in [1.54, 1.807) is 4.90 Å². The predicted molar refractivity (Wildman–Crippen MR) is 101 cm³/mol. The summed E-state index contributed by atoms with van der Waals surface area (Å²) in [6.07, 6.45) is 2.62. The van der Waals surface area contributed by atoms with Crippen LogP contribution in [0.2, 0.25) is 5.02 Å². The molecule has 5 nitrogen and oxygen atoms in total. The van der Waals surface area contributed by atoms with Crippen molar-refractivity contribution in [3.8, 4) is 0 Å². The second kappa shape index (κ2) is 9.53. The lowest BCUT2D eigenvalue weighted by Crippen LogP contribution is -2.50. The molecule has 2 saturated heterocycles. The zero-order valence-corrected chi connectivity index (χ0v) is 16.1. The van der Waals surface area contributed by atoms with E-state index in [2.05, 4.69) is 5.32 Å². The first kappa shape index (κ1) is 20.9. The van der Waals surface area contributed by atoms with Crippen LogP contribution in [0.25, 0.3) is 0 Å². The molecule has 8 heteroatoms. The van der Waals surface area contributed by atoms with Gasteiger partial charge in [0.2, 0.25) is 5.91 Å². The second-order valence-electron chi connectivity index (χ2n) is 6.69. The van der Waals surface area contributed by atoms with Crippen molar-refractivity contribution in [2.75, 3.05) is 39.3 Å². The standard InChI is InChI=1S/C18H23ClFN3O2.ClH/c19-14-2-3-15(16(20)11-14)18(25)23-9-7-22(8-10-23)17(24)4-1-13-5-6-21-12-13;/h2-3,11,13,21H,1,4-10,12H2;1H. The molecular weight excluding hydrogens is 380 g/mol. The van der Waals surface area contributed by atoms with Crippen molar-refractivity contribution in [3.63, 3.8) is 0 Å². The summed E-state index contributed by atoms with van der Waals surface area (Å²) < 4.78 is 13.9. The lowest BCUT2D eigenvalue weighted by molar-refractivity contribution is -0.132. The van der Waals surface area contributed by atoms with Crippen LogP contribution in [0, 0.1) is 11.7 Å². The molecule has 1 aromatic rings. The molecule has 1 unspecified atom stereocenters. The third kappa shape index (κ3) is 5.09. The lowest BCUT2D eigenvalue weighted by Gasteiger charge is -2.35. The molecule has 2 aliphatic heterocycles. The van der Waals surface area contributed by atoms with Gasteiger partial charge in [-0.3, -0.25) is 9.59 Å². The molecule has 26 heavy (non-hydrogen) atoms. The van der Waals surface area contributed by atoms with Crippen molar-refractivity contribution in [2.24, 2.45) is 5.92 Å². The minimum atomic E-state index is -0.610. The SMILES string of the molecule is Cl.O=C(CCC1CCNC1)N1CCN(C(=O)c2ccc(Cl)cc2F)CC1. The molecule has 2 amide bonds. The fourth-order valence-corrected chi connectivity index (χ4v) is 3.60. The average molecular weight is 404 g/mol. The zero-order chi connectivity index (χ0) is 17.8. The minimum absolute atomic E-state index is 0. The highest BCUT2D eigenvalue weighted by molar-refractivity contribution is 6.30. The summed E-state index contributed by atoms with van der Waals surface area (Å²) >= 11 is 5.73. The number of rotatable bonds is 4. The molecule has 0 aliphatic carbocycles. The third-order valence-electron chi connectivity index (χ3n) is 5.01. The van der Waals surface area contributed by atoms with Gasteiger partial charge < -0.3 is 15.1 Å². The van der Waals surface area contributed by atoms with Crippen molar-refractivity contribution in [1.82, 2.24) is 15.1 Å². The Bertz CT molecular complexity index is 645. The number of nitrogens with one attached hydrogen (secondary N) is 1. The van der Waals surface area contributed by atoms with Gasteiger partial charge in [0.25, 0.3) is 5.91 Å². The Morgan fingerprint density at radius 1 is 1.19 bits per heavy atom. The van der Waals surface area contributed by atoms with Crippen molar-refractivity contribution < 1.29 is 14.0 Å². The quantitative estimate of drug-likeness (QED) is 0.840. The van der Waals surface area contributed by atoms with E-state index in [9.17, 15) is 14.0 Å². The number of carbonyl (C=O) groups is 2. The van der Waals surface area contributed by atoms with Crippen LogP contribution in [0.4, 0.5) is 4.39 Å². The van der Waals surface area contributed by atoms with Gasteiger partial charge in [0, 0.05) is 37.6 Å². The maximum absolute atomic E-state index is 13.9. The summed E-state index contributed by atoms with van der Waals surface area (Å²) in [5.74, 6) is -0.212. The van der Waals surface area contributed by atoms with Crippen molar-refractivity contribution in [1.29, 1.82) is 0 Å². The van der Waals surface area contributed by atoms with Crippen LogP contribution >= 0.6 is 24.0 Å². The molecule has 0 saturated carbocycles. The normalized spacial score (nSPS) is 20.0. The number of amides is 2. The zero-order valence-electron chi connectivity index (χ0n) is 14.5. The van der Waals surface area contributed by atoms with Gasteiger partial charge in [-0.15, -0.1) is 12.4 Å². The van der Waals surface area contributed by atoms with Crippen LogP contribution in [-0.4, -0.2) is 60.9 Å². The summed E-state index contributed by atoms with van der Waals surface area (Å²) in [7, 11) is 0. The van der Waals surface area contributed by atoms with Gasteiger partial charge >= 0.3 is 0 Å². The Labute approximate surface area is 164 Å². The predicted octanol–water partition coefficient (Wildman–Crippen LogP) is 2.58. The monoisotopic (exact) mass is 403 g/mol. The number of hydrogen-bond donors (Lipinski definition) is 1. The summed E-state index contributed by atoms with van der Waals surface area (Å²) in [5.41, 5.74) is 0.0258. The van der Waals surface area contributed by atoms with Gasteiger partial charge in [-0.1, -0.05) is 11.6 Å². The van der Waals surface area contributed by atoms with Crippen LogP contribution < -0.4 is 5.32 Å². The highest BCUT2D eigenvalue weighted by Crippen LogP contribution is 2.18. The van der Waals surface area contributed by atoms with Crippen LogP contribution in [0.3, 0.4) is 0 Å². The van der Waals surface area contributed by atoms with E-state index in [1.807, 2.05) is 4.90 Å². The third-order valence-corrected chi connectivity index (χ3v) is 5.25. The Morgan fingerprint density at radius 2 is 1.88 bits per heavy atom. The van der Waals surface area contributed by atoms with Crippen molar-refractivity contribution >= 4 is 35.8 Å². The van der Waals surface area contributed by atoms with Crippen LogP contribution in [0.15, 0.2) is 18.2 Å². The molecule has 2 fully saturated rings. The Kier molecular flexibility index (Phi) is 7.68. The first-order chi connectivity index (χ1) is 12.0. The van der Waals surface area contributed by atoms with Crippen LogP contribution in [0.5, 0.6) is 0 Å². The molecule has 1 N–H and O–H groups in total. The molecule has 0 bridgehead atoms. The Hall–Kier alpha value is -1.37. The van der Waals surface area contributed by atoms with Gasteiger partial charge in [0.15, 0.2) is 0 Å². The number of benzene rings is 1. The maximum atomic E-state index is 13.9. The number of piperazine rings is 1. The highest BCUT2D eigenvalue weighted by Gasteiger charge is 2.26. The van der Waals surface area contributed by atoms with Gasteiger partial charge in [-0.2, -0.15) is 0 Å². The van der Waals surface area contributed by atoms with Crippen LogP contribution in [0.1, 0.15) is 29.6 Å². The Morgan fingerprint density at radius 3 is 2.50 bits per heavy atom. The molecule has 144 valence electrons. The molecule has 1 aromatic carbocycles. The summed E-state index contributed by atoms with van der Waals surface area (Å²) in [4.78, 5) is 28.2. The summed E-state index contributed by atoms with van der Waals surface area (Å²) in [6, 6.07) is 4.06. The number of halogens is 3. The topological polar surface area (TPSA) is 52.7 Å². The van der Waals surface area contributed by atoms with E-state index in [0.717, 1.165) is 32.0 Å². The van der Waals surface area contributed by atoms with E-state index in [-0.39, 0.29) is 34.8 Å². The molecule has 0 spiro atoms. The molecule has 3 rings (SSSR count). The fourth-order valence-electron chi connectivity index (χ4n) is 3.44. The fraction of sp³-hybridized carbons (Fsp3) is 0.556. The van der Waals surface area contributed by atoms with E-state index >= 15 is 0 Å². The van der Waals surface area contributed by atoms with Gasteiger partial charge in [0.05, 0.1) is 5.56 Å². The molecule has 1 atom stereocenters. The molecule has 2 heterocycles. The van der Waals surface area contributed by atoms with E-state index in [4.69, 9.17) is 11.6 Å². The van der Waals surface area contributed by atoms with E-state index in [0.29, 0.717) is 38.5 Å². The largest absolute Gasteiger partial charge is 0.339 e. The van der Waals surface area contributed by atoms with Gasteiger partial charge in [-0.05, 0) is 50.0 Å². The maximum Gasteiger partial charge on any atom is 0.256 e. The number of nitrogens with zero attached hydrogens (tertiary/aromatic N) is 2. The van der Waals surface area contributed by atoms with E-state index in [1.165, 1.54) is 12.1 Å². The molecular formula is C18H24Cl2FN3O2. The molecule has 0 aromatic heterocycles. The second-order valence-corrected chi connectivity index (χ2v) is 7.13. The lowest BCUT2D eigenvalue weighted by atomic mass is 10.0. The first-order valence-corrected chi connectivity index (χ1v) is 9.15. The summed E-state index contributed by atoms with van der Waals surface area (Å²) in [5, 5.41) is 3.58. The van der Waals surface area contributed by atoms with Gasteiger partial charge in [0.1, 0.15) is 5.82 Å². The van der Waals surface area contributed by atoms with E-state index < -0.39 is 5.82 Å². The van der Waals surface area contributed by atoms with Crippen LogP contribution in [-0.2, 0) is 4.79 Å². The Balaban J connectivity index is 0.00000243. The molecule has 0 radical (unpaired) electrons. The minimum Gasteiger partial charge on any atom is -0.339 e. The number of carbonyl (C=O) groups excluding carboxylic acids is 2. The number of hydrogen-bond acceptors (Lipinski definition) is 3. The smallest absolute Gasteiger partial charge is 0.256 e. The highest BCUT2D eigenvalue weighted by atomic mass is 35.5. The summed E-state index contributed by atoms with van der Waals surface area (Å²) in [6.45, 7) is 3.91. The molecule has 2 aliphatic rings. The van der Waals surface area contributed by atoms with Crippen molar-refractivity contribution in [3.05, 3.63) is 34.6 Å². The average Bonchev–Trinajstić information content (AvgIpc) is 3.13. The van der Waals surface area contributed by atoms with Crippen molar-refractivity contribution in [2.45, 2.75) is 19.3 Å². The van der Waals surface area contributed by atoms with Gasteiger partial charge in [-0.25, -0.2) is 4.39 Å².